The molecule has 6 heteroatoms. The number of hydrogen-bond acceptors (Lipinski definition) is 4. The van der Waals surface area contributed by atoms with Crippen molar-refractivity contribution in [2.24, 2.45) is 13.0 Å². The second-order valence-corrected chi connectivity index (χ2v) is 4.04. The van der Waals surface area contributed by atoms with Gasteiger partial charge in [-0.1, -0.05) is 6.42 Å². The molecule has 0 unspecified atom stereocenters. The summed E-state index contributed by atoms with van der Waals surface area (Å²) in [5.74, 6) is 1.16. The third-order valence-corrected chi connectivity index (χ3v) is 2.92. The van der Waals surface area contributed by atoms with Crippen LogP contribution >= 0.6 is 0 Å². The highest BCUT2D eigenvalue weighted by molar-refractivity contribution is 5.79. The van der Waals surface area contributed by atoms with E-state index in [-0.39, 0.29) is 11.8 Å². The highest BCUT2D eigenvalue weighted by Crippen LogP contribution is 2.28. The van der Waals surface area contributed by atoms with Gasteiger partial charge in [0.2, 0.25) is 5.91 Å². The van der Waals surface area contributed by atoms with Crippen LogP contribution in [0, 0.1) is 5.92 Å². The molecule has 0 radical (unpaired) electrons. The average molecular weight is 209 g/mol. The first-order chi connectivity index (χ1) is 7.18. The van der Waals surface area contributed by atoms with Crippen molar-refractivity contribution in [3.05, 3.63) is 5.82 Å². The van der Waals surface area contributed by atoms with Gasteiger partial charge < -0.3 is 4.90 Å². The number of aryl methyl sites for hydroxylation is 1. The molecule has 1 aliphatic carbocycles. The first kappa shape index (κ1) is 10.1. The molecule has 1 aromatic rings. The zero-order chi connectivity index (χ0) is 10.8. The Morgan fingerprint density at radius 3 is 2.80 bits per heavy atom. The molecule has 0 saturated heterocycles. The van der Waals surface area contributed by atoms with Gasteiger partial charge in [-0.05, 0) is 23.3 Å². The molecule has 1 fully saturated rings. The van der Waals surface area contributed by atoms with Crippen LogP contribution in [-0.4, -0.2) is 38.1 Å². The monoisotopic (exact) mass is 209 g/mol. The third kappa shape index (κ3) is 1.98. The van der Waals surface area contributed by atoms with Gasteiger partial charge in [-0.3, -0.25) is 4.79 Å². The Labute approximate surface area is 88.2 Å². The highest BCUT2D eigenvalue weighted by atomic mass is 16.2. The molecule has 1 heterocycles. The lowest BCUT2D eigenvalue weighted by Crippen LogP contribution is -2.36. The smallest absolute Gasteiger partial charge is 0.225 e. The number of aromatic nitrogens is 4. The van der Waals surface area contributed by atoms with Crippen LogP contribution in [0.25, 0.3) is 0 Å². The number of carbonyl (C=O) groups is 1. The molecule has 0 N–H and O–H groups in total. The Morgan fingerprint density at radius 2 is 2.33 bits per heavy atom. The quantitative estimate of drug-likeness (QED) is 0.701. The second-order valence-electron chi connectivity index (χ2n) is 4.04. The molecular formula is C9H15N5O. The van der Waals surface area contributed by atoms with Gasteiger partial charge in [0.05, 0.1) is 6.54 Å². The molecule has 1 saturated carbocycles. The summed E-state index contributed by atoms with van der Waals surface area (Å²) in [6.07, 6.45) is 3.23. The van der Waals surface area contributed by atoms with Gasteiger partial charge in [0, 0.05) is 20.0 Å². The lowest BCUT2D eigenvalue weighted by Gasteiger charge is -2.28. The second kappa shape index (κ2) is 3.96. The predicted molar refractivity (Wildman–Crippen MR) is 52.6 cm³/mol. The Hall–Kier alpha value is -1.46. The maximum absolute atomic E-state index is 11.8. The molecule has 1 aromatic heterocycles. The van der Waals surface area contributed by atoms with Gasteiger partial charge in [0.15, 0.2) is 5.82 Å². The van der Waals surface area contributed by atoms with E-state index in [1.807, 2.05) is 0 Å². The molecule has 6 nitrogen and oxygen atoms in total. The largest absolute Gasteiger partial charge is 0.338 e. The minimum atomic E-state index is 0.212. The number of carbonyl (C=O) groups excluding carboxylic acids is 1. The molecule has 1 amide bonds. The minimum Gasteiger partial charge on any atom is -0.338 e. The van der Waals surface area contributed by atoms with Crippen molar-refractivity contribution in [2.45, 2.75) is 25.8 Å². The maximum atomic E-state index is 11.8. The van der Waals surface area contributed by atoms with E-state index in [0.29, 0.717) is 12.4 Å². The average Bonchev–Trinajstić information content (AvgIpc) is 2.49. The van der Waals surface area contributed by atoms with Crippen molar-refractivity contribution in [1.82, 2.24) is 25.1 Å². The topological polar surface area (TPSA) is 63.9 Å². The van der Waals surface area contributed by atoms with Gasteiger partial charge in [0.25, 0.3) is 0 Å². The molecule has 0 atom stereocenters. The molecule has 0 bridgehead atoms. The molecule has 15 heavy (non-hydrogen) atoms. The summed E-state index contributed by atoms with van der Waals surface area (Å²) in [7, 11) is 3.58. The Bertz CT molecular complexity index is 357. The molecule has 0 aromatic carbocycles. The summed E-state index contributed by atoms with van der Waals surface area (Å²) in [6.45, 7) is 0.485. The highest BCUT2D eigenvalue weighted by Gasteiger charge is 2.28. The van der Waals surface area contributed by atoms with Crippen LogP contribution in [0.3, 0.4) is 0 Å². The summed E-state index contributed by atoms with van der Waals surface area (Å²) >= 11 is 0. The first-order valence-electron chi connectivity index (χ1n) is 5.14. The van der Waals surface area contributed by atoms with Crippen LogP contribution in [-0.2, 0) is 18.4 Å². The van der Waals surface area contributed by atoms with Crippen LogP contribution in [0.1, 0.15) is 25.1 Å². The molecular weight excluding hydrogens is 194 g/mol. The van der Waals surface area contributed by atoms with Crippen molar-refractivity contribution in [1.29, 1.82) is 0 Å². The van der Waals surface area contributed by atoms with Gasteiger partial charge >= 0.3 is 0 Å². The van der Waals surface area contributed by atoms with E-state index in [2.05, 4.69) is 15.5 Å². The Balaban J connectivity index is 1.94. The molecule has 82 valence electrons. The number of amides is 1. The summed E-state index contributed by atoms with van der Waals surface area (Å²) in [5, 5.41) is 11.1. The van der Waals surface area contributed by atoms with Crippen molar-refractivity contribution in [3.8, 4) is 0 Å². The molecule has 1 aliphatic rings. The van der Waals surface area contributed by atoms with Crippen molar-refractivity contribution in [3.63, 3.8) is 0 Å². The Morgan fingerprint density at radius 1 is 1.60 bits per heavy atom. The van der Waals surface area contributed by atoms with Gasteiger partial charge in [-0.15, -0.1) is 5.10 Å². The minimum absolute atomic E-state index is 0.212. The van der Waals surface area contributed by atoms with E-state index in [1.54, 1.807) is 23.7 Å². The van der Waals surface area contributed by atoms with Crippen LogP contribution in [0.5, 0.6) is 0 Å². The first-order valence-corrected chi connectivity index (χ1v) is 5.14. The van der Waals surface area contributed by atoms with E-state index in [9.17, 15) is 4.79 Å². The number of hydrogen-bond donors (Lipinski definition) is 0. The van der Waals surface area contributed by atoms with Crippen LogP contribution in [0.2, 0.25) is 0 Å². The fraction of sp³-hybridized carbons (Fsp3) is 0.778. The molecule has 2 rings (SSSR count). The van der Waals surface area contributed by atoms with E-state index in [4.69, 9.17) is 0 Å². The lowest BCUT2D eigenvalue weighted by molar-refractivity contribution is -0.137. The molecule has 0 spiro atoms. The number of nitrogens with zero attached hydrogens (tertiary/aromatic N) is 5. The third-order valence-electron chi connectivity index (χ3n) is 2.92. The lowest BCUT2D eigenvalue weighted by atomic mass is 9.84. The van der Waals surface area contributed by atoms with Gasteiger partial charge in [0.1, 0.15) is 0 Å². The summed E-state index contributed by atoms with van der Waals surface area (Å²) < 4.78 is 1.59. The number of tetrazole rings is 1. The van der Waals surface area contributed by atoms with Crippen LogP contribution < -0.4 is 0 Å². The zero-order valence-corrected chi connectivity index (χ0v) is 9.05. The van der Waals surface area contributed by atoms with Crippen molar-refractivity contribution < 1.29 is 4.79 Å². The van der Waals surface area contributed by atoms with Gasteiger partial charge in [-0.25, -0.2) is 4.68 Å². The fourth-order valence-corrected chi connectivity index (χ4v) is 1.64. The normalized spacial score (nSPS) is 16.1. The van der Waals surface area contributed by atoms with Crippen LogP contribution in [0.15, 0.2) is 0 Å². The van der Waals surface area contributed by atoms with Gasteiger partial charge in [-0.2, -0.15) is 0 Å². The maximum Gasteiger partial charge on any atom is 0.225 e. The van der Waals surface area contributed by atoms with E-state index >= 15 is 0 Å². The SMILES string of the molecule is CN(Cc1nnnn1C)C(=O)C1CCC1. The Kier molecular flexibility index (Phi) is 2.66. The van der Waals surface area contributed by atoms with Crippen molar-refractivity contribution >= 4 is 5.91 Å². The zero-order valence-electron chi connectivity index (χ0n) is 9.05. The fourth-order valence-electron chi connectivity index (χ4n) is 1.64. The predicted octanol–water partition coefficient (Wildman–Crippen LogP) is -0.0314. The van der Waals surface area contributed by atoms with E-state index in [1.165, 1.54) is 6.42 Å². The molecule has 0 aliphatic heterocycles. The van der Waals surface area contributed by atoms with E-state index < -0.39 is 0 Å². The summed E-state index contributed by atoms with van der Waals surface area (Å²) in [5.41, 5.74) is 0. The standard InChI is InChI=1S/C9H15N5O/c1-13(9(15)7-4-3-5-7)6-8-10-11-12-14(8)2/h7H,3-6H2,1-2H3. The van der Waals surface area contributed by atoms with Crippen LogP contribution in [0.4, 0.5) is 0 Å². The van der Waals surface area contributed by atoms with Crippen molar-refractivity contribution in [2.75, 3.05) is 7.05 Å². The summed E-state index contributed by atoms with van der Waals surface area (Å²) in [6, 6.07) is 0. The number of rotatable bonds is 3. The summed E-state index contributed by atoms with van der Waals surface area (Å²) in [4.78, 5) is 13.5. The van der Waals surface area contributed by atoms with E-state index in [0.717, 1.165) is 12.8 Å².